The summed E-state index contributed by atoms with van der Waals surface area (Å²) in [7, 11) is 0. The zero-order valence-corrected chi connectivity index (χ0v) is 11.0. The molecule has 0 bridgehead atoms. The van der Waals surface area contributed by atoms with Gasteiger partial charge in [-0.1, -0.05) is 12.2 Å². The molecular formula is C14H14F2N2O3. The molecule has 5 nitrogen and oxygen atoms in total. The quantitative estimate of drug-likeness (QED) is 0.574. The molecule has 0 unspecified atom stereocenters. The lowest BCUT2D eigenvalue weighted by atomic mass is 10.1. The van der Waals surface area contributed by atoms with E-state index in [0.717, 1.165) is 12.1 Å². The number of hydrogen-bond acceptors (Lipinski definition) is 3. The second kappa shape index (κ2) is 6.45. The van der Waals surface area contributed by atoms with Gasteiger partial charge in [0.15, 0.2) is 0 Å². The van der Waals surface area contributed by atoms with E-state index in [1.165, 1.54) is 0 Å². The molecule has 0 spiro atoms. The summed E-state index contributed by atoms with van der Waals surface area (Å²) in [5, 5.41) is 13.5. The highest BCUT2D eigenvalue weighted by atomic mass is 19.1. The van der Waals surface area contributed by atoms with E-state index in [1.807, 2.05) is 0 Å². The topological polar surface area (TPSA) is 78.4 Å². The first-order valence-electron chi connectivity index (χ1n) is 6.35. The third kappa shape index (κ3) is 3.85. The number of benzene rings is 1. The average Bonchev–Trinajstić information content (AvgIpc) is 2.89. The molecular weight excluding hydrogens is 282 g/mol. The Balaban J connectivity index is 1.91. The number of carbonyl (C=O) groups excluding carboxylic acids is 2. The molecule has 7 heteroatoms. The molecule has 0 aliphatic heterocycles. The Bertz CT molecular complexity index is 590. The minimum atomic E-state index is -1.04. The van der Waals surface area contributed by atoms with Crippen molar-refractivity contribution in [2.24, 2.45) is 5.92 Å². The molecule has 3 N–H and O–H groups in total. The van der Waals surface area contributed by atoms with Crippen LogP contribution in [0, 0.1) is 17.6 Å². The van der Waals surface area contributed by atoms with Crippen LogP contribution in [0.25, 0.3) is 0 Å². The molecule has 1 aliphatic rings. The first kappa shape index (κ1) is 15.1. The fourth-order valence-corrected chi connectivity index (χ4v) is 2.02. The van der Waals surface area contributed by atoms with Crippen LogP contribution in [0.3, 0.4) is 0 Å². The lowest BCUT2D eigenvalue weighted by Gasteiger charge is -2.12. The highest BCUT2D eigenvalue weighted by Gasteiger charge is 2.23. The van der Waals surface area contributed by atoms with Crippen LogP contribution in [0.15, 0.2) is 30.4 Å². The highest BCUT2D eigenvalue weighted by molar-refractivity contribution is 6.39. The molecule has 2 rings (SSSR count). The molecule has 2 atom stereocenters. The molecule has 1 aliphatic carbocycles. The number of aliphatic hydroxyl groups excluding tert-OH is 1. The first-order valence-corrected chi connectivity index (χ1v) is 6.35. The first-order chi connectivity index (χ1) is 9.99. The summed E-state index contributed by atoms with van der Waals surface area (Å²) in [6.45, 7) is -0.0319. The minimum absolute atomic E-state index is 0.0319. The SMILES string of the molecule is O=C(Nc1ccc(F)cc1F)C(=O)N[C@@H]1C=C[C@H](CO)C1. The van der Waals surface area contributed by atoms with E-state index in [9.17, 15) is 18.4 Å². The van der Waals surface area contributed by atoms with Crippen molar-refractivity contribution in [2.75, 3.05) is 11.9 Å². The Morgan fingerprint density at radius 1 is 1.24 bits per heavy atom. The third-order valence-corrected chi connectivity index (χ3v) is 3.11. The smallest absolute Gasteiger partial charge is 0.313 e. The zero-order chi connectivity index (χ0) is 15.4. The van der Waals surface area contributed by atoms with E-state index in [2.05, 4.69) is 10.6 Å². The van der Waals surface area contributed by atoms with E-state index >= 15 is 0 Å². The predicted molar refractivity (Wildman–Crippen MR) is 71.3 cm³/mol. The second-order valence-corrected chi connectivity index (χ2v) is 4.72. The van der Waals surface area contributed by atoms with Crippen LogP contribution in [-0.4, -0.2) is 29.6 Å². The van der Waals surface area contributed by atoms with Crippen LogP contribution < -0.4 is 10.6 Å². The van der Waals surface area contributed by atoms with Crippen LogP contribution >= 0.6 is 0 Å². The maximum absolute atomic E-state index is 13.4. The average molecular weight is 296 g/mol. The zero-order valence-electron chi connectivity index (χ0n) is 11.0. The molecule has 0 saturated carbocycles. The van der Waals surface area contributed by atoms with E-state index in [1.54, 1.807) is 12.2 Å². The van der Waals surface area contributed by atoms with Gasteiger partial charge in [0, 0.05) is 24.6 Å². The second-order valence-electron chi connectivity index (χ2n) is 4.72. The molecule has 0 fully saturated rings. The van der Waals surface area contributed by atoms with Gasteiger partial charge in [0.2, 0.25) is 0 Å². The lowest BCUT2D eigenvalue weighted by molar-refractivity contribution is -0.136. The summed E-state index contributed by atoms with van der Waals surface area (Å²) < 4.78 is 26.1. The third-order valence-electron chi connectivity index (χ3n) is 3.11. The summed E-state index contributed by atoms with van der Waals surface area (Å²) in [6, 6.07) is 2.27. The summed E-state index contributed by atoms with van der Waals surface area (Å²) in [4.78, 5) is 23.3. The number of rotatable bonds is 3. The molecule has 0 saturated heterocycles. The van der Waals surface area contributed by atoms with Gasteiger partial charge in [-0.25, -0.2) is 8.78 Å². The lowest BCUT2D eigenvalue weighted by Crippen LogP contribution is -2.40. The molecule has 0 aromatic heterocycles. The normalized spacial score (nSPS) is 20.3. The van der Waals surface area contributed by atoms with E-state index in [0.29, 0.717) is 12.5 Å². The van der Waals surface area contributed by atoms with Crippen molar-refractivity contribution in [3.63, 3.8) is 0 Å². The van der Waals surface area contributed by atoms with Crippen molar-refractivity contribution < 1.29 is 23.5 Å². The van der Waals surface area contributed by atoms with Crippen LogP contribution in [-0.2, 0) is 9.59 Å². The number of halogens is 2. The molecule has 1 aromatic rings. The van der Waals surface area contributed by atoms with Crippen molar-refractivity contribution in [2.45, 2.75) is 12.5 Å². The van der Waals surface area contributed by atoms with Gasteiger partial charge in [0.1, 0.15) is 11.6 Å². The molecule has 0 radical (unpaired) electrons. The van der Waals surface area contributed by atoms with Gasteiger partial charge in [0.25, 0.3) is 0 Å². The largest absolute Gasteiger partial charge is 0.396 e. The Kier molecular flexibility index (Phi) is 4.64. The van der Waals surface area contributed by atoms with E-state index in [4.69, 9.17) is 5.11 Å². The Hall–Kier alpha value is -2.28. The number of nitrogens with one attached hydrogen (secondary N) is 2. The van der Waals surface area contributed by atoms with Gasteiger partial charge in [0.05, 0.1) is 5.69 Å². The number of anilines is 1. The van der Waals surface area contributed by atoms with Crippen molar-refractivity contribution in [3.8, 4) is 0 Å². The molecule has 0 heterocycles. The predicted octanol–water partition coefficient (Wildman–Crippen LogP) is 0.956. The van der Waals surface area contributed by atoms with Crippen molar-refractivity contribution in [1.82, 2.24) is 5.32 Å². The van der Waals surface area contributed by atoms with Gasteiger partial charge < -0.3 is 15.7 Å². The monoisotopic (exact) mass is 296 g/mol. The summed E-state index contributed by atoms with van der Waals surface area (Å²) >= 11 is 0. The fourth-order valence-electron chi connectivity index (χ4n) is 2.02. The van der Waals surface area contributed by atoms with Crippen molar-refractivity contribution in [1.29, 1.82) is 0 Å². The highest BCUT2D eigenvalue weighted by Crippen LogP contribution is 2.17. The van der Waals surface area contributed by atoms with Gasteiger partial charge in [-0.3, -0.25) is 9.59 Å². The standard InChI is InChI=1S/C14H14F2N2O3/c15-9-2-4-12(11(16)6-9)18-14(21)13(20)17-10-3-1-8(5-10)7-19/h1-4,6,8,10,19H,5,7H2,(H,17,20)(H,18,21)/t8-,10+/m0/s1. The number of carbonyl (C=O) groups is 2. The van der Waals surface area contributed by atoms with Gasteiger partial charge in [-0.15, -0.1) is 0 Å². The van der Waals surface area contributed by atoms with E-state index < -0.39 is 23.4 Å². The Morgan fingerprint density at radius 3 is 2.62 bits per heavy atom. The van der Waals surface area contributed by atoms with Gasteiger partial charge >= 0.3 is 11.8 Å². The number of amides is 2. The van der Waals surface area contributed by atoms with Crippen LogP contribution in [0.2, 0.25) is 0 Å². The summed E-state index contributed by atoms with van der Waals surface area (Å²) in [5.41, 5.74) is -0.272. The molecule has 2 amide bonds. The Morgan fingerprint density at radius 2 is 2.00 bits per heavy atom. The van der Waals surface area contributed by atoms with Crippen LogP contribution in [0.1, 0.15) is 6.42 Å². The van der Waals surface area contributed by atoms with E-state index in [-0.39, 0.29) is 24.3 Å². The van der Waals surface area contributed by atoms with Crippen LogP contribution in [0.5, 0.6) is 0 Å². The maximum Gasteiger partial charge on any atom is 0.313 e. The summed E-state index contributed by atoms with van der Waals surface area (Å²) in [5.74, 6) is -3.75. The summed E-state index contributed by atoms with van der Waals surface area (Å²) in [6.07, 6.45) is 3.94. The molecule has 1 aromatic carbocycles. The van der Waals surface area contributed by atoms with Crippen LogP contribution in [0.4, 0.5) is 14.5 Å². The number of aliphatic hydroxyl groups is 1. The van der Waals surface area contributed by atoms with Gasteiger partial charge in [-0.05, 0) is 18.6 Å². The Labute approximate surface area is 119 Å². The number of hydrogen-bond donors (Lipinski definition) is 3. The fraction of sp³-hybridized carbons (Fsp3) is 0.286. The minimum Gasteiger partial charge on any atom is -0.396 e. The molecule has 112 valence electrons. The maximum atomic E-state index is 13.4. The van der Waals surface area contributed by atoms with Gasteiger partial charge in [-0.2, -0.15) is 0 Å². The van der Waals surface area contributed by atoms with Crippen molar-refractivity contribution in [3.05, 3.63) is 42.0 Å². The van der Waals surface area contributed by atoms with Crippen molar-refractivity contribution >= 4 is 17.5 Å². The molecule has 21 heavy (non-hydrogen) atoms.